The fourth-order valence-corrected chi connectivity index (χ4v) is 6.26. The van der Waals surface area contributed by atoms with Crippen LogP contribution in [0.3, 0.4) is 0 Å². The molecule has 0 atom stereocenters. The molecule has 0 aliphatic heterocycles. The Hall–Kier alpha value is -5.59. The highest BCUT2D eigenvalue weighted by atomic mass is 32.2. The predicted octanol–water partition coefficient (Wildman–Crippen LogP) is 7.28. The molecule has 3 N–H and O–H groups in total. The van der Waals surface area contributed by atoms with Crippen LogP contribution in [0.4, 0.5) is 10.8 Å². The SMILES string of the molecule is COc1cc(OC)c(OC)cc1/C=C(\NC(=O)c1ccccc1)C(=O)Nc1ccc(SCC(=O)Nc2nc(-c3ccccc3)c(C)s2)cc1. The zero-order chi connectivity index (χ0) is 34.8. The van der Waals surface area contributed by atoms with Crippen LogP contribution in [0.2, 0.25) is 0 Å². The lowest BCUT2D eigenvalue weighted by molar-refractivity contribution is -0.114. The standard InChI is InChI=1S/C37H34N4O6S2/c1-23-34(24-11-7-5-8-12-24)41-37(49-23)40-33(42)22-48-28-17-15-27(16-18-28)38-36(44)29(39-35(43)25-13-9-6-10-14-25)19-26-20-31(46-3)32(47-4)21-30(26)45-2/h5-21H,22H2,1-4H3,(H,38,44)(H,39,43)(H,40,41,42)/b29-19-. The number of carbonyl (C=O) groups is 3. The molecular formula is C37H34N4O6S2. The normalized spacial score (nSPS) is 11.0. The maximum atomic E-state index is 13.6. The molecule has 12 heteroatoms. The van der Waals surface area contributed by atoms with Gasteiger partial charge in [0.15, 0.2) is 16.6 Å². The van der Waals surface area contributed by atoms with Crippen molar-refractivity contribution in [3.05, 3.63) is 119 Å². The first-order chi connectivity index (χ1) is 23.8. The van der Waals surface area contributed by atoms with Crippen LogP contribution in [-0.2, 0) is 9.59 Å². The van der Waals surface area contributed by atoms with Crippen LogP contribution in [0.25, 0.3) is 17.3 Å². The Morgan fingerprint density at radius 2 is 1.43 bits per heavy atom. The van der Waals surface area contributed by atoms with Gasteiger partial charge >= 0.3 is 0 Å². The minimum absolute atomic E-state index is 0.0256. The molecule has 0 saturated carbocycles. The molecule has 1 heterocycles. The Kier molecular flexibility index (Phi) is 11.7. The van der Waals surface area contributed by atoms with Gasteiger partial charge in [0.1, 0.15) is 11.4 Å². The van der Waals surface area contributed by atoms with E-state index in [1.54, 1.807) is 66.7 Å². The largest absolute Gasteiger partial charge is 0.496 e. The van der Waals surface area contributed by atoms with Crippen molar-refractivity contribution in [2.75, 3.05) is 37.7 Å². The third-order valence-corrected chi connectivity index (χ3v) is 9.04. The lowest BCUT2D eigenvalue weighted by Crippen LogP contribution is -2.30. The van der Waals surface area contributed by atoms with Gasteiger partial charge < -0.3 is 30.2 Å². The summed E-state index contributed by atoms with van der Waals surface area (Å²) in [4.78, 5) is 45.9. The summed E-state index contributed by atoms with van der Waals surface area (Å²) >= 11 is 2.79. The van der Waals surface area contributed by atoms with Crippen molar-refractivity contribution in [1.29, 1.82) is 0 Å². The summed E-state index contributed by atoms with van der Waals surface area (Å²) in [5.41, 5.74) is 3.18. The second kappa shape index (κ2) is 16.5. The molecule has 4 aromatic carbocycles. The Morgan fingerprint density at radius 3 is 2.08 bits per heavy atom. The lowest BCUT2D eigenvalue weighted by Gasteiger charge is -2.15. The minimum atomic E-state index is -0.561. The number of aromatic nitrogens is 1. The molecule has 0 unspecified atom stereocenters. The van der Waals surface area contributed by atoms with Gasteiger partial charge in [-0.3, -0.25) is 14.4 Å². The molecule has 0 aliphatic rings. The third kappa shape index (κ3) is 9.06. The van der Waals surface area contributed by atoms with Crippen molar-refractivity contribution < 1.29 is 28.6 Å². The van der Waals surface area contributed by atoms with Crippen molar-refractivity contribution >= 4 is 57.7 Å². The fourth-order valence-electron chi connectivity index (χ4n) is 4.71. The maximum Gasteiger partial charge on any atom is 0.272 e. The third-order valence-electron chi connectivity index (χ3n) is 7.14. The van der Waals surface area contributed by atoms with Gasteiger partial charge in [0.25, 0.3) is 11.8 Å². The van der Waals surface area contributed by atoms with Gasteiger partial charge in [0, 0.05) is 38.2 Å². The first-order valence-corrected chi connectivity index (χ1v) is 16.8. The van der Waals surface area contributed by atoms with E-state index in [1.165, 1.54) is 50.5 Å². The molecular weight excluding hydrogens is 661 g/mol. The second-order valence-corrected chi connectivity index (χ2v) is 12.7. The number of thioether (sulfide) groups is 1. The van der Waals surface area contributed by atoms with Crippen molar-refractivity contribution in [3.8, 4) is 28.5 Å². The predicted molar refractivity (Wildman–Crippen MR) is 195 cm³/mol. The first-order valence-electron chi connectivity index (χ1n) is 15.0. The summed E-state index contributed by atoms with van der Waals surface area (Å²) in [6.07, 6.45) is 1.51. The number of carbonyl (C=O) groups excluding carboxylic acids is 3. The number of ether oxygens (including phenoxy) is 3. The van der Waals surface area contributed by atoms with E-state index in [-0.39, 0.29) is 17.4 Å². The minimum Gasteiger partial charge on any atom is -0.496 e. The zero-order valence-corrected chi connectivity index (χ0v) is 28.9. The van der Waals surface area contributed by atoms with Gasteiger partial charge in [-0.1, -0.05) is 48.5 Å². The molecule has 1 aromatic heterocycles. The molecule has 0 aliphatic carbocycles. The molecule has 5 rings (SSSR count). The number of aryl methyl sites for hydroxylation is 1. The lowest BCUT2D eigenvalue weighted by atomic mass is 10.1. The van der Waals surface area contributed by atoms with Gasteiger partial charge in [0.2, 0.25) is 5.91 Å². The van der Waals surface area contributed by atoms with Crippen LogP contribution in [-0.4, -0.2) is 49.8 Å². The molecule has 250 valence electrons. The Bertz CT molecular complexity index is 1960. The van der Waals surface area contributed by atoms with Crippen molar-refractivity contribution in [2.24, 2.45) is 0 Å². The van der Waals surface area contributed by atoms with Crippen molar-refractivity contribution in [2.45, 2.75) is 11.8 Å². The summed E-state index contributed by atoms with van der Waals surface area (Å²) < 4.78 is 16.3. The number of anilines is 2. The monoisotopic (exact) mass is 694 g/mol. The Morgan fingerprint density at radius 1 is 0.796 bits per heavy atom. The summed E-state index contributed by atoms with van der Waals surface area (Å²) in [6, 6.07) is 28.8. The number of hydrogen-bond acceptors (Lipinski definition) is 9. The smallest absolute Gasteiger partial charge is 0.272 e. The average Bonchev–Trinajstić information content (AvgIpc) is 3.50. The number of hydrogen-bond donors (Lipinski definition) is 3. The van der Waals surface area contributed by atoms with Gasteiger partial charge in [-0.05, 0) is 55.5 Å². The molecule has 10 nitrogen and oxygen atoms in total. The van der Waals surface area contributed by atoms with E-state index in [0.29, 0.717) is 39.2 Å². The molecule has 5 aromatic rings. The number of methoxy groups -OCH3 is 3. The van der Waals surface area contributed by atoms with Crippen LogP contribution in [0, 0.1) is 6.92 Å². The van der Waals surface area contributed by atoms with E-state index in [2.05, 4.69) is 20.9 Å². The highest BCUT2D eigenvalue weighted by Gasteiger charge is 2.18. The van der Waals surface area contributed by atoms with Gasteiger partial charge in [-0.2, -0.15) is 0 Å². The number of rotatable bonds is 13. The Balaban J connectivity index is 1.27. The van der Waals surface area contributed by atoms with Gasteiger partial charge in [-0.25, -0.2) is 4.98 Å². The molecule has 3 amide bonds. The number of thiazole rings is 1. The molecule has 0 radical (unpaired) electrons. The van der Waals surface area contributed by atoms with Crippen LogP contribution in [0.15, 0.2) is 108 Å². The quantitative estimate of drug-likeness (QED) is 0.0867. The van der Waals surface area contributed by atoms with E-state index >= 15 is 0 Å². The summed E-state index contributed by atoms with van der Waals surface area (Å²) in [7, 11) is 4.50. The number of benzene rings is 4. The molecule has 0 bridgehead atoms. The highest BCUT2D eigenvalue weighted by Crippen LogP contribution is 2.36. The van der Waals surface area contributed by atoms with Crippen LogP contribution in [0.5, 0.6) is 17.2 Å². The van der Waals surface area contributed by atoms with Crippen LogP contribution in [0.1, 0.15) is 20.8 Å². The summed E-state index contributed by atoms with van der Waals surface area (Å²) in [5, 5.41) is 9.00. The van der Waals surface area contributed by atoms with Crippen molar-refractivity contribution in [3.63, 3.8) is 0 Å². The number of amides is 3. The van der Waals surface area contributed by atoms with Gasteiger partial charge in [0.05, 0.1) is 32.8 Å². The van der Waals surface area contributed by atoms with Gasteiger partial charge in [-0.15, -0.1) is 23.1 Å². The molecule has 0 saturated heterocycles. The number of nitrogens with zero attached hydrogens (tertiary/aromatic N) is 1. The van der Waals surface area contributed by atoms with E-state index in [9.17, 15) is 14.4 Å². The topological polar surface area (TPSA) is 128 Å². The second-order valence-electron chi connectivity index (χ2n) is 10.4. The molecule has 0 spiro atoms. The van der Waals surface area contributed by atoms with E-state index in [4.69, 9.17) is 14.2 Å². The van der Waals surface area contributed by atoms with Crippen LogP contribution >= 0.6 is 23.1 Å². The number of nitrogens with one attached hydrogen (secondary N) is 3. The highest BCUT2D eigenvalue weighted by molar-refractivity contribution is 8.00. The maximum absolute atomic E-state index is 13.6. The summed E-state index contributed by atoms with van der Waals surface area (Å²) in [6.45, 7) is 1.98. The van der Waals surface area contributed by atoms with E-state index in [1.807, 2.05) is 37.3 Å². The summed E-state index contributed by atoms with van der Waals surface area (Å²) in [5.74, 6) is 0.252. The average molecular weight is 695 g/mol. The fraction of sp³-hybridized carbons (Fsp3) is 0.135. The molecule has 0 fully saturated rings. The molecule has 49 heavy (non-hydrogen) atoms. The van der Waals surface area contributed by atoms with Crippen molar-refractivity contribution in [1.82, 2.24) is 10.3 Å². The van der Waals surface area contributed by atoms with E-state index in [0.717, 1.165) is 21.0 Å². The first kappa shape index (κ1) is 34.7. The van der Waals surface area contributed by atoms with Crippen LogP contribution < -0.4 is 30.2 Å². The zero-order valence-electron chi connectivity index (χ0n) is 27.2. The van der Waals surface area contributed by atoms with E-state index < -0.39 is 11.8 Å². The Labute approximate surface area is 292 Å².